The fourth-order valence-corrected chi connectivity index (χ4v) is 2.28. The summed E-state index contributed by atoms with van der Waals surface area (Å²) < 4.78 is 5.43. The van der Waals surface area contributed by atoms with E-state index in [0.29, 0.717) is 16.8 Å². The van der Waals surface area contributed by atoms with E-state index in [2.05, 4.69) is 20.6 Å². The summed E-state index contributed by atoms with van der Waals surface area (Å²) in [7, 11) is 3.52. The molecular formula is C11H17ClN4O. The van der Waals surface area contributed by atoms with Gasteiger partial charge in [0.1, 0.15) is 5.02 Å². The smallest absolute Gasteiger partial charge is 0.224 e. The Labute approximate surface area is 106 Å². The molecule has 1 saturated carbocycles. The van der Waals surface area contributed by atoms with E-state index in [1.165, 1.54) is 0 Å². The zero-order valence-electron chi connectivity index (χ0n) is 10.0. The van der Waals surface area contributed by atoms with Crippen LogP contribution in [0.3, 0.4) is 0 Å². The van der Waals surface area contributed by atoms with Crippen LogP contribution in [0.5, 0.6) is 0 Å². The molecule has 1 aromatic rings. The molecule has 0 spiro atoms. The van der Waals surface area contributed by atoms with E-state index in [0.717, 1.165) is 19.3 Å². The lowest BCUT2D eigenvalue weighted by Gasteiger charge is -2.20. The Morgan fingerprint density at radius 2 is 2.29 bits per heavy atom. The molecule has 0 bridgehead atoms. The number of halogens is 1. The minimum absolute atomic E-state index is 0.235. The fraction of sp³-hybridized carbons (Fsp3) is 0.636. The summed E-state index contributed by atoms with van der Waals surface area (Å²) in [6.07, 6.45) is 5.15. The number of ether oxygens (including phenoxy) is 1. The van der Waals surface area contributed by atoms with Gasteiger partial charge < -0.3 is 15.4 Å². The van der Waals surface area contributed by atoms with Crippen LogP contribution in [0.25, 0.3) is 0 Å². The molecule has 0 radical (unpaired) electrons. The van der Waals surface area contributed by atoms with Gasteiger partial charge in [-0.15, -0.1) is 0 Å². The number of hydrogen-bond acceptors (Lipinski definition) is 5. The van der Waals surface area contributed by atoms with Crippen LogP contribution in [-0.2, 0) is 4.74 Å². The van der Waals surface area contributed by atoms with Gasteiger partial charge in [-0.25, -0.2) is 4.98 Å². The number of anilines is 2. The van der Waals surface area contributed by atoms with Crippen LogP contribution in [0.4, 0.5) is 11.8 Å². The number of aromatic nitrogens is 2. The van der Waals surface area contributed by atoms with Crippen molar-refractivity contribution in [3.05, 3.63) is 11.2 Å². The number of nitrogens with one attached hydrogen (secondary N) is 2. The first-order valence-corrected chi connectivity index (χ1v) is 6.12. The molecule has 1 heterocycles. The van der Waals surface area contributed by atoms with Gasteiger partial charge in [-0.2, -0.15) is 4.98 Å². The lowest BCUT2D eigenvalue weighted by Crippen LogP contribution is -2.30. The maximum atomic E-state index is 6.07. The average molecular weight is 257 g/mol. The lowest BCUT2D eigenvalue weighted by atomic mass is 10.2. The summed E-state index contributed by atoms with van der Waals surface area (Å²) >= 11 is 6.07. The molecule has 0 saturated heterocycles. The van der Waals surface area contributed by atoms with Crippen molar-refractivity contribution in [3.8, 4) is 0 Å². The quantitative estimate of drug-likeness (QED) is 0.865. The molecule has 6 heteroatoms. The highest BCUT2D eigenvalue weighted by atomic mass is 35.5. The van der Waals surface area contributed by atoms with E-state index < -0.39 is 0 Å². The Hall–Kier alpha value is -1.07. The van der Waals surface area contributed by atoms with E-state index in [-0.39, 0.29) is 12.1 Å². The molecule has 1 aromatic heterocycles. The van der Waals surface area contributed by atoms with Crippen LogP contribution >= 0.6 is 11.6 Å². The molecule has 94 valence electrons. The van der Waals surface area contributed by atoms with Crippen molar-refractivity contribution in [1.29, 1.82) is 0 Å². The number of methoxy groups -OCH3 is 1. The zero-order valence-corrected chi connectivity index (χ0v) is 10.8. The lowest BCUT2D eigenvalue weighted by molar-refractivity contribution is 0.101. The predicted octanol–water partition coefficient (Wildman–Crippen LogP) is 2.15. The maximum absolute atomic E-state index is 6.07. The van der Waals surface area contributed by atoms with Crippen LogP contribution in [0.15, 0.2) is 6.20 Å². The Balaban J connectivity index is 2.12. The highest BCUT2D eigenvalue weighted by Gasteiger charge is 2.27. The van der Waals surface area contributed by atoms with Gasteiger partial charge in [-0.3, -0.25) is 0 Å². The molecular weight excluding hydrogens is 240 g/mol. The maximum Gasteiger partial charge on any atom is 0.224 e. The van der Waals surface area contributed by atoms with Gasteiger partial charge in [0.05, 0.1) is 18.3 Å². The third-order valence-corrected chi connectivity index (χ3v) is 3.32. The van der Waals surface area contributed by atoms with Gasteiger partial charge in [-0.05, 0) is 19.3 Å². The van der Waals surface area contributed by atoms with Crippen molar-refractivity contribution in [2.75, 3.05) is 24.8 Å². The minimum atomic E-state index is 0.235. The predicted molar refractivity (Wildman–Crippen MR) is 68.6 cm³/mol. The summed E-state index contributed by atoms with van der Waals surface area (Å²) in [6.45, 7) is 0. The van der Waals surface area contributed by atoms with Crippen molar-refractivity contribution in [3.63, 3.8) is 0 Å². The Bertz CT molecular complexity index is 388. The molecule has 2 rings (SSSR count). The molecule has 0 aliphatic heterocycles. The second-order valence-electron chi connectivity index (χ2n) is 4.10. The highest BCUT2D eigenvalue weighted by molar-refractivity contribution is 6.32. The van der Waals surface area contributed by atoms with Gasteiger partial charge in [0.15, 0.2) is 5.82 Å². The largest absolute Gasteiger partial charge is 0.379 e. The molecule has 1 fully saturated rings. The Morgan fingerprint density at radius 3 is 3.00 bits per heavy atom. The number of rotatable bonds is 4. The van der Waals surface area contributed by atoms with Crippen LogP contribution in [0.1, 0.15) is 19.3 Å². The monoisotopic (exact) mass is 256 g/mol. The third kappa shape index (κ3) is 2.79. The van der Waals surface area contributed by atoms with Gasteiger partial charge in [0.2, 0.25) is 5.95 Å². The van der Waals surface area contributed by atoms with Crippen molar-refractivity contribution in [2.24, 2.45) is 0 Å². The Kier molecular flexibility index (Phi) is 4.02. The first kappa shape index (κ1) is 12.4. The molecule has 2 atom stereocenters. The topological polar surface area (TPSA) is 59.1 Å². The molecule has 5 nitrogen and oxygen atoms in total. The molecule has 0 amide bonds. The van der Waals surface area contributed by atoms with Crippen molar-refractivity contribution < 1.29 is 4.74 Å². The summed E-state index contributed by atoms with van der Waals surface area (Å²) in [5, 5.41) is 6.76. The second-order valence-corrected chi connectivity index (χ2v) is 4.50. The summed E-state index contributed by atoms with van der Waals surface area (Å²) in [4.78, 5) is 8.35. The molecule has 1 aliphatic rings. The van der Waals surface area contributed by atoms with E-state index in [1.54, 1.807) is 20.4 Å². The van der Waals surface area contributed by atoms with Gasteiger partial charge >= 0.3 is 0 Å². The average Bonchev–Trinajstić information content (AvgIpc) is 2.79. The molecule has 0 aromatic carbocycles. The number of hydrogen-bond donors (Lipinski definition) is 2. The van der Waals surface area contributed by atoms with E-state index >= 15 is 0 Å². The van der Waals surface area contributed by atoms with Crippen LogP contribution < -0.4 is 10.6 Å². The van der Waals surface area contributed by atoms with Gasteiger partial charge in [0, 0.05) is 14.2 Å². The first-order valence-electron chi connectivity index (χ1n) is 5.74. The summed E-state index contributed by atoms with van der Waals surface area (Å²) in [6, 6.07) is 0.275. The van der Waals surface area contributed by atoms with Gasteiger partial charge in [0.25, 0.3) is 0 Å². The van der Waals surface area contributed by atoms with Crippen LogP contribution in [0, 0.1) is 0 Å². The standard InChI is InChI=1S/C11H17ClN4O/c1-13-11-14-6-7(12)10(16-11)15-8-4-3-5-9(8)17-2/h6,8-9H,3-5H2,1-2H3,(H2,13,14,15,16). The van der Waals surface area contributed by atoms with E-state index in [9.17, 15) is 0 Å². The van der Waals surface area contributed by atoms with Crippen molar-refractivity contribution in [2.45, 2.75) is 31.4 Å². The first-order chi connectivity index (χ1) is 8.24. The van der Waals surface area contributed by atoms with Gasteiger partial charge in [-0.1, -0.05) is 11.6 Å². The SMILES string of the molecule is CNc1ncc(Cl)c(NC2CCCC2OC)n1. The number of nitrogens with zero attached hydrogens (tertiary/aromatic N) is 2. The summed E-state index contributed by atoms with van der Waals surface area (Å²) in [5.41, 5.74) is 0. The molecule has 17 heavy (non-hydrogen) atoms. The van der Waals surface area contributed by atoms with E-state index in [1.807, 2.05) is 0 Å². The Morgan fingerprint density at radius 1 is 1.47 bits per heavy atom. The molecule has 2 unspecified atom stereocenters. The normalized spacial score (nSPS) is 23.7. The summed E-state index contributed by atoms with van der Waals surface area (Å²) in [5.74, 6) is 1.23. The van der Waals surface area contributed by atoms with Crippen LogP contribution in [0.2, 0.25) is 5.02 Å². The molecule has 1 aliphatic carbocycles. The minimum Gasteiger partial charge on any atom is -0.379 e. The van der Waals surface area contributed by atoms with E-state index in [4.69, 9.17) is 16.3 Å². The second kappa shape index (κ2) is 5.51. The third-order valence-electron chi connectivity index (χ3n) is 3.05. The molecule has 2 N–H and O–H groups in total. The fourth-order valence-electron chi connectivity index (χ4n) is 2.14. The van der Waals surface area contributed by atoms with Crippen molar-refractivity contribution in [1.82, 2.24) is 9.97 Å². The van der Waals surface area contributed by atoms with Crippen LogP contribution in [-0.4, -0.2) is 36.3 Å². The van der Waals surface area contributed by atoms with Crippen molar-refractivity contribution >= 4 is 23.4 Å². The highest BCUT2D eigenvalue weighted by Crippen LogP contribution is 2.27. The zero-order chi connectivity index (χ0) is 12.3.